The first-order valence-electron chi connectivity index (χ1n) is 6.33. The highest BCUT2D eigenvalue weighted by Crippen LogP contribution is 2.04. The molecule has 100 valence electrons. The van der Waals surface area contributed by atoms with Crippen molar-refractivity contribution >= 4 is 5.69 Å². The van der Waals surface area contributed by atoms with Crippen molar-refractivity contribution in [2.45, 2.75) is 0 Å². The zero-order valence-corrected chi connectivity index (χ0v) is 11.1. The molecule has 3 rings (SSSR count). The van der Waals surface area contributed by atoms with Crippen LogP contribution >= 0.6 is 0 Å². The van der Waals surface area contributed by atoms with E-state index in [1.165, 1.54) is 4.68 Å². The van der Waals surface area contributed by atoms with E-state index in [1.807, 2.05) is 60.7 Å². The summed E-state index contributed by atoms with van der Waals surface area (Å²) in [7, 11) is 1.73. The van der Waals surface area contributed by atoms with Crippen LogP contribution in [0, 0.1) is 0 Å². The van der Waals surface area contributed by atoms with E-state index in [4.69, 9.17) is 0 Å². The average Bonchev–Trinajstić information content (AvgIpc) is 2.78. The molecule has 5 nitrogen and oxygen atoms in total. The van der Waals surface area contributed by atoms with Gasteiger partial charge in [-0.05, 0) is 24.3 Å². The van der Waals surface area contributed by atoms with Crippen LogP contribution in [0.1, 0.15) is 0 Å². The molecule has 20 heavy (non-hydrogen) atoms. The number of anilines is 1. The monoisotopic (exact) mass is 267 g/mol. The first-order chi connectivity index (χ1) is 9.75. The van der Waals surface area contributed by atoms with Gasteiger partial charge in [0.15, 0.2) is 5.69 Å². The second-order valence-electron chi connectivity index (χ2n) is 4.45. The second-order valence-corrected chi connectivity index (χ2v) is 4.45. The molecule has 2 aromatic carbocycles. The molecular weight excluding hydrogens is 252 g/mol. The number of hydrogen-bond donors (Lipinski definition) is 1. The largest absolute Gasteiger partial charge is 0.470 e. The molecular formula is C15H15N4O+. The van der Waals surface area contributed by atoms with Gasteiger partial charge in [-0.25, -0.2) is 10.2 Å². The van der Waals surface area contributed by atoms with Crippen LogP contribution in [-0.2, 0) is 7.05 Å². The quantitative estimate of drug-likeness (QED) is 0.728. The summed E-state index contributed by atoms with van der Waals surface area (Å²) in [5.74, 6) is 0. The number of aromatic nitrogens is 3. The van der Waals surface area contributed by atoms with Gasteiger partial charge in [0.05, 0.1) is 12.7 Å². The highest BCUT2D eigenvalue weighted by atomic mass is 16.2. The van der Waals surface area contributed by atoms with E-state index in [2.05, 4.69) is 5.43 Å². The summed E-state index contributed by atoms with van der Waals surface area (Å²) in [4.78, 5) is 12.2. The molecule has 0 radical (unpaired) electrons. The van der Waals surface area contributed by atoms with E-state index in [1.54, 1.807) is 22.7 Å². The van der Waals surface area contributed by atoms with Gasteiger partial charge in [-0.2, -0.15) is 0 Å². The van der Waals surface area contributed by atoms with Gasteiger partial charge in [0.25, 0.3) is 6.33 Å². The maximum absolute atomic E-state index is 12.2. The Labute approximate surface area is 116 Å². The number of benzene rings is 2. The molecule has 0 saturated carbocycles. The second kappa shape index (κ2) is 5.05. The Morgan fingerprint density at radius 3 is 2.20 bits per heavy atom. The van der Waals surface area contributed by atoms with Crippen LogP contribution in [0.25, 0.3) is 5.69 Å². The molecule has 0 bridgehead atoms. The molecule has 1 heterocycles. The van der Waals surface area contributed by atoms with E-state index in [0.717, 1.165) is 11.4 Å². The van der Waals surface area contributed by atoms with Crippen LogP contribution in [0.5, 0.6) is 0 Å². The molecule has 5 heteroatoms. The lowest BCUT2D eigenvalue weighted by Crippen LogP contribution is -2.42. The van der Waals surface area contributed by atoms with Crippen LogP contribution in [0.2, 0.25) is 0 Å². The standard InChI is InChI=1S/C15H15N4O/c1-17-15(20)18(16-13-8-4-2-5-9-13)12-19(17)14-10-6-3-7-11-14/h2-12,16H,1H3/q+1. The third kappa shape index (κ3) is 2.21. The maximum atomic E-state index is 12.2. The fourth-order valence-electron chi connectivity index (χ4n) is 2.03. The van der Waals surface area contributed by atoms with Crippen molar-refractivity contribution in [3.8, 4) is 5.69 Å². The minimum atomic E-state index is -0.141. The molecule has 0 aliphatic heterocycles. The van der Waals surface area contributed by atoms with Crippen LogP contribution in [0.15, 0.2) is 71.8 Å². The summed E-state index contributed by atoms with van der Waals surface area (Å²) < 4.78 is 4.80. The molecule has 0 aliphatic carbocycles. The van der Waals surface area contributed by atoms with Crippen LogP contribution in [-0.4, -0.2) is 9.36 Å². The topological polar surface area (TPSA) is 42.8 Å². The summed E-state index contributed by atoms with van der Waals surface area (Å²) in [6, 6.07) is 19.3. The first kappa shape index (κ1) is 12.2. The fraction of sp³-hybridized carbons (Fsp3) is 0.0667. The summed E-state index contributed by atoms with van der Waals surface area (Å²) in [5, 5.41) is 0. The van der Waals surface area contributed by atoms with E-state index < -0.39 is 0 Å². The predicted octanol–water partition coefficient (Wildman–Crippen LogP) is 1.34. The lowest BCUT2D eigenvalue weighted by atomic mass is 10.3. The number of nitrogens with zero attached hydrogens (tertiary/aromatic N) is 3. The van der Waals surface area contributed by atoms with Crippen LogP contribution in [0.3, 0.4) is 0 Å². The summed E-state index contributed by atoms with van der Waals surface area (Å²) >= 11 is 0. The fourth-order valence-corrected chi connectivity index (χ4v) is 2.03. The smallest absolute Gasteiger partial charge is 0.220 e. The molecule has 0 aliphatic rings. The molecule has 0 saturated heterocycles. The van der Waals surface area contributed by atoms with Gasteiger partial charge in [0, 0.05) is 0 Å². The third-order valence-electron chi connectivity index (χ3n) is 3.08. The van der Waals surface area contributed by atoms with Crippen molar-refractivity contribution < 1.29 is 4.68 Å². The molecule has 0 unspecified atom stereocenters. The summed E-state index contributed by atoms with van der Waals surface area (Å²) in [6.45, 7) is 0. The van der Waals surface area contributed by atoms with Crippen molar-refractivity contribution in [3.05, 3.63) is 77.5 Å². The van der Waals surface area contributed by atoms with Crippen molar-refractivity contribution in [2.24, 2.45) is 7.05 Å². The van der Waals surface area contributed by atoms with Crippen molar-refractivity contribution in [1.29, 1.82) is 0 Å². The number of para-hydroxylation sites is 2. The van der Waals surface area contributed by atoms with Gasteiger partial charge >= 0.3 is 5.69 Å². The van der Waals surface area contributed by atoms with Gasteiger partial charge in [-0.1, -0.05) is 41.1 Å². The normalized spacial score (nSPS) is 10.4. The Morgan fingerprint density at radius 2 is 1.55 bits per heavy atom. The number of nitrogens with one attached hydrogen (secondary N) is 1. The van der Waals surface area contributed by atoms with Crippen LogP contribution < -0.4 is 15.8 Å². The van der Waals surface area contributed by atoms with E-state index in [-0.39, 0.29) is 5.69 Å². The minimum absolute atomic E-state index is 0.141. The Morgan fingerprint density at radius 1 is 0.950 bits per heavy atom. The van der Waals surface area contributed by atoms with E-state index >= 15 is 0 Å². The Hall–Kier alpha value is -2.82. The third-order valence-corrected chi connectivity index (χ3v) is 3.08. The SMILES string of the molecule is Cn1c(=O)n(Nc2ccccc2)c[n+]1-c1ccccc1. The van der Waals surface area contributed by atoms with Gasteiger partial charge < -0.3 is 0 Å². The lowest BCUT2D eigenvalue weighted by molar-refractivity contribution is -0.685. The van der Waals surface area contributed by atoms with Crippen molar-refractivity contribution in [3.63, 3.8) is 0 Å². The summed E-state index contributed by atoms with van der Waals surface area (Å²) in [6.07, 6.45) is 1.73. The highest BCUT2D eigenvalue weighted by molar-refractivity contribution is 5.41. The molecule has 0 atom stereocenters. The van der Waals surface area contributed by atoms with Crippen molar-refractivity contribution in [2.75, 3.05) is 5.43 Å². The average molecular weight is 267 g/mol. The zero-order chi connectivity index (χ0) is 13.9. The Bertz CT molecular complexity index is 760. The lowest BCUT2D eigenvalue weighted by Gasteiger charge is -1.98. The van der Waals surface area contributed by atoms with Gasteiger partial charge in [-0.15, -0.1) is 9.36 Å². The predicted molar refractivity (Wildman–Crippen MR) is 76.7 cm³/mol. The van der Waals surface area contributed by atoms with Gasteiger partial charge in [0.2, 0.25) is 0 Å². The number of hydrogen-bond acceptors (Lipinski definition) is 2. The highest BCUT2D eigenvalue weighted by Gasteiger charge is 2.16. The Balaban J connectivity index is 2.01. The molecule has 0 spiro atoms. The van der Waals surface area contributed by atoms with Gasteiger partial charge in [0.1, 0.15) is 0 Å². The summed E-state index contributed by atoms with van der Waals surface area (Å²) in [5.41, 5.74) is 4.72. The van der Waals surface area contributed by atoms with Crippen LogP contribution in [0.4, 0.5) is 5.69 Å². The zero-order valence-electron chi connectivity index (χ0n) is 11.1. The maximum Gasteiger partial charge on any atom is 0.470 e. The number of rotatable bonds is 3. The molecule has 0 fully saturated rings. The van der Waals surface area contributed by atoms with E-state index in [9.17, 15) is 4.79 Å². The van der Waals surface area contributed by atoms with Crippen molar-refractivity contribution in [1.82, 2.24) is 9.36 Å². The van der Waals surface area contributed by atoms with Gasteiger partial charge in [-0.3, -0.25) is 0 Å². The molecule has 0 amide bonds. The Kier molecular flexibility index (Phi) is 3.09. The minimum Gasteiger partial charge on any atom is -0.220 e. The first-order valence-corrected chi connectivity index (χ1v) is 6.33. The molecule has 1 aromatic heterocycles. The molecule has 1 N–H and O–H groups in total. The molecule has 3 aromatic rings. The van der Waals surface area contributed by atoms with E-state index in [0.29, 0.717) is 0 Å².